The number of nitrogens with zero attached hydrogens (tertiary/aromatic N) is 2. The Kier molecular flexibility index (Phi) is 4.65. The van der Waals surface area contributed by atoms with Crippen LogP contribution >= 0.6 is 0 Å². The fourth-order valence-corrected chi connectivity index (χ4v) is 1.61. The Morgan fingerprint density at radius 2 is 2.29 bits per heavy atom. The van der Waals surface area contributed by atoms with Gasteiger partial charge in [0.25, 0.3) is 5.91 Å². The third kappa shape index (κ3) is 3.56. The van der Waals surface area contributed by atoms with E-state index in [0.717, 1.165) is 12.8 Å². The topological polar surface area (TPSA) is 65.8 Å². The van der Waals surface area contributed by atoms with Gasteiger partial charge >= 0.3 is 0 Å². The van der Waals surface area contributed by atoms with E-state index in [2.05, 4.69) is 17.2 Å². The van der Waals surface area contributed by atoms with Crippen molar-refractivity contribution in [2.45, 2.75) is 39.7 Å². The number of pyridine rings is 1. The zero-order valence-electron chi connectivity index (χ0n) is 10.4. The average molecular weight is 231 g/mol. The van der Waals surface area contributed by atoms with Crippen molar-refractivity contribution < 1.29 is 4.79 Å². The van der Waals surface area contributed by atoms with E-state index in [9.17, 15) is 4.79 Å². The van der Waals surface area contributed by atoms with Crippen LogP contribution in [0, 0.1) is 18.3 Å². The summed E-state index contributed by atoms with van der Waals surface area (Å²) in [6.45, 7) is 5.77. The molecule has 0 radical (unpaired) electrons. The Morgan fingerprint density at radius 3 is 2.82 bits per heavy atom. The maximum absolute atomic E-state index is 11.8. The van der Waals surface area contributed by atoms with Gasteiger partial charge in [-0.2, -0.15) is 5.26 Å². The van der Waals surface area contributed by atoms with Crippen molar-refractivity contribution in [2.75, 3.05) is 0 Å². The summed E-state index contributed by atoms with van der Waals surface area (Å²) in [7, 11) is 0. The molecular formula is C13H17N3O. The summed E-state index contributed by atoms with van der Waals surface area (Å²) in [6, 6.07) is 5.38. The van der Waals surface area contributed by atoms with Gasteiger partial charge in [-0.1, -0.05) is 13.3 Å². The van der Waals surface area contributed by atoms with E-state index in [1.54, 1.807) is 19.1 Å². The largest absolute Gasteiger partial charge is 0.348 e. The molecule has 0 bridgehead atoms. The first-order chi connectivity index (χ1) is 8.08. The highest BCUT2D eigenvalue weighted by molar-refractivity contribution is 5.92. The molecule has 1 N–H and O–H groups in total. The first kappa shape index (κ1) is 13.2. The number of rotatable bonds is 4. The molecule has 0 aliphatic rings. The Morgan fingerprint density at radius 1 is 1.59 bits per heavy atom. The molecule has 0 saturated heterocycles. The summed E-state index contributed by atoms with van der Waals surface area (Å²) in [5.41, 5.74) is 1.45. The number of nitriles is 1. The molecule has 0 aromatic carbocycles. The number of amides is 1. The van der Waals surface area contributed by atoms with Crippen LogP contribution in [0.15, 0.2) is 12.1 Å². The molecule has 1 aromatic rings. The standard InChI is InChI=1S/C13H17N3O/c1-4-5-9(2)15-13(17)12-7-6-11(8-14)10(3)16-12/h6-7,9H,4-5H2,1-3H3,(H,15,17)/t9-/m0/s1. The molecule has 4 nitrogen and oxygen atoms in total. The van der Waals surface area contributed by atoms with E-state index in [-0.39, 0.29) is 11.9 Å². The van der Waals surface area contributed by atoms with Crippen molar-refractivity contribution in [3.05, 3.63) is 29.1 Å². The van der Waals surface area contributed by atoms with Crippen molar-refractivity contribution in [1.29, 1.82) is 5.26 Å². The van der Waals surface area contributed by atoms with Crippen molar-refractivity contribution in [1.82, 2.24) is 10.3 Å². The van der Waals surface area contributed by atoms with Crippen LogP contribution in [-0.4, -0.2) is 16.9 Å². The van der Waals surface area contributed by atoms with E-state index < -0.39 is 0 Å². The molecule has 0 saturated carbocycles. The number of aryl methyl sites for hydroxylation is 1. The summed E-state index contributed by atoms with van der Waals surface area (Å²) in [5, 5.41) is 11.7. The van der Waals surface area contributed by atoms with Gasteiger partial charge in [0, 0.05) is 6.04 Å². The highest BCUT2D eigenvalue weighted by Gasteiger charge is 2.11. The lowest BCUT2D eigenvalue weighted by atomic mass is 10.1. The summed E-state index contributed by atoms with van der Waals surface area (Å²) in [6.07, 6.45) is 1.97. The monoisotopic (exact) mass is 231 g/mol. The number of carbonyl (C=O) groups is 1. The van der Waals surface area contributed by atoms with Crippen molar-refractivity contribution >= 4 is 5.91 Å². The summed E-state index contributed by atoms with van der Waals surface area (Å²) < 4.78 is 0. The molecule has 0 spiro atoms. The highest BCUT2D eigenvalue weighted by atomic mass is 16.1. The van der Waals surface area contributed by atoms with E-state index in [4.69, 9.17) is 5.26 Å². The first-order valence-electron chi connectivity index (χ1n) is 5.77. The van der Waals surface area contributed by atoms with Crippen molar-refractivity contribution in [3.63, 3.8) is 0 Å². The zero-order chi connectivity index (χ0) is 12.8. The molecule has 1 atom stereocenters. The molecule has 0 fully saturated rings. The molecule has 1 heterocycles. The first-order valence-corrected chi connectivity index (χ1v) is 5.77. The number of carbonyl (C=O) groups excluding carboxylic acids is 1. The fourth-order valence-electron chi connectivity index (χ4n) is 1.61. The minimum Gasteiger partial charge on any atom is -0.348 e. The SMILES string of the molecule is CCC[C@H](C)NC(=O)c1ccc(C#N)c(C)n1. The predicted octanol–water partition coefficient (Wildman–Crippen LogP) is 2.18. The Labute approximate surface area is 102 Å². The van der Waals surface area contributed by atoms with Crippen LogP contribution in [0.1, 0.15) is 48.4 Å². The summed E-state index contributed by atoms with van der Waals surface area (Å²) >= 11 is 0. The van der Waals surface area contributed by atoms with Crippen LogP contribution in [-0.2, 0) is 0 Å². The smallest absolute Gasteiger partial charge is 0.270 e. The quantitative estimate of drug-likeness (QED) is 0.863. The average Bonchev–Trinajstić information content (AvgIpc) is 2.29. The van der Waals surface area contributed by atoms with Gasteiger partial charge in [-0.25, -0.2) is 4.98 Å². The maximum atomic E-state index is 11.8. The molecule has 0 unspecified atom stereocenters. The van der Waals surface area contributed by atoms with Crippen molar-refractivity contribution in [2.24, 2.45) is 0 Å². The van der Waals surface area contributed by atoms with Crippen LogP contribution in [0.4, 0.5) is 0 Å². The van der Waals surface area contributed by atoms with Crippen LogP contribution < -0.4 is 5.32 Å². The second-order valence-electron chi connectivity index (χ2n) is 4.10. The minimum absolute atomic E-state index is 0.144. The molecule has 1 aromatic heterocycles. The van der Waals surface area contributed by atoms with E-state index in [0.29, 0.717) is 17.0 Å². The third-order valence-corrected chi connectivity index (χ3v) is 2.54. The van der Waals surface area contributed by atoms with Gasteiger partial charge in [0.05, 0.1) is 11.3 Å². The molecular weight excluding hydrogens is 214 g/mol. The Balaban J connectivity index is 2.77. The molecule has 90 valence electrons. The molecule has 0 aliphatic carbocycles. The van der Waals surface area contributed by atoms with Crippen molar-refractivity contribution in [3.8, 4) is 6.07 Å². The van der Waals surface area contributed by atoms with E-state index >= 15 is 0 Å². The van der Waals surface area contributed by atoms with Gasteiger partial charge in [-0.05, 0) is 32.4 Å². The van der Waals surface area contributed by atoms with E-state index in [1.165, 1.54) is 0 Å². The summed E-state index contributed by atoms with van der Waals surface area (Å²) in [4.78, 5) is 15.9. The fraction of sp³-hybridized carbons (Fsp3) is 0.462. The lowest BCUT2D eigenvalue weighted by Crippen LogP contribution is -2.33. The van der Waals surface area contributed by atoms with Gasteiger partial charge < -0.3 is 5.32 Å². The van der Waals surface area contributed by atoms with Gasteiger partial charge in [0.2, 0.25) is 0 Å². The van der Waals surface area contributed by atoms with Crippen LogP contribution in [0.25, 0.3) is 0 Å². The minimum atomic E-state index is -0.182. The van der Waals surface area contributed by atoms with Gasteiger partial charge in [0.15, 0.2) is 0 Å². The highest BCUT2D eigenvalue weighted by Crippen LogP contribution is 2.06. The summed E-state index contributed by atoms with van der Waals surface area (Å²) in [5.74, 6) is -0.182. The number of nitrogens with one attached hydrogen (secondary N) is 1. The molecule has 1 amide bonds. The van der Waals surface area contributed by atoms with Gasteiger partial charge in [-0.3, -0.25) is 4.79 Å². The normalized spacial score (nSPS) is 11.6. The second kappa shape index (κ2) is 6.00. The van der Waals surface area contributed by atoms with Crippen LogP contribution in [0.3, 0.4) is 0 Å². The zero-order valence-corrected chi connectivity index (χ0v) is 10.4. The van der Waals surface area contributed by atoms with Crippen LogP contribution in [0.2, 0.25) is 0 Å². The van der Waals surface area contributed by atoms with E-state index in [1.807, 2.05) is 13.0 Å². The van der Waals surface area contributed by atoms with Gasteiger partial charge in [-0.15, -0.1) is 0 Å². The molecule has 4 heteroatoms. The number of aromatic nitrogens is 1. The Bertz CT molecular complexity index is 448. The van der Waals surface area contributed by atoms with Gasteiger partial charge in [0.1, 0.15) is 11.8 Å². The van der Waals surface area contributed by atoms with Crippen LogP contribution in [0.5, 0.6) is 0 Å². The molecule has 1 rings (SSSR count). The second-order valence-corrected chi connectivity index (χ2v) is 4.10. The molecule has 0 aliphatic heterocycles. The number of hydrogen-bond donors (Lipinski definition) is 1. The lowest BCUT2D eigenvalue weighted by molar-refractivity contribution is 0.0933. The Hall–Kier alpha value is -1.89. The lowest BCUT2D eigenvalue weighted by Gasteiger charge is -2.12. The predicted molar refractivity (Wildman–Crippen MR) is 65.5 cm³/mol. The number of hydrogen-bond acceptors (Lipinski definition) is 3. The third-order valence-electron chi connectivity index (χ3n) is 2.54. The maximum Gasteiger partial charge on any atom is 0.270 e. The molecule has 17 heavy (non-hydrogen) atoms.